The van der Waals surface area contributed by atoms with Gasteiger partial charge in [0.1, 0.15) is 5.82 Å². The highest BCUT2D eigenvalue weighted by Crippen LogP contribution is 2.26. The molecule has 0 saturated heterocycles. The lowest BCUT2D eigenvalue weighted by atomic mass is 9.63. The summed E-state index contributed by atoms with van der Waals surface area (Å²) < 4.78 is 13.6. The molecule has 130 valence electrons. The Balaban J connectivity index is 1.64. The normalized spacial score (nSPS) is 10.6. The van der Waals surface area contributed by atoms with Crippen LogP contribution in [0.1, 0.15) is 5.56 Å². The summed E-state index contributed by atoms with van der Waals surface area (Å²) in [6, 6.07) is 32.3. The fourth-order valence-corrected chi connectivity index (χ4v) is 3.35. The molecule has 0 unspecified atom stereocenters. The van der Waals surface area contributed by atoms with Crippen molar-refractivity contribution in [3.05, 3.63) is 108 Å². The minimum atomic E-state index is -0.210. The van der Waals surface area contributed by atoms with E-state index < -0.39 is 0 Å². The number of benzene rings is 4. The lowest BCUT2D eigenvalue weighted by molar-refractivity contribution is 0.628. The van der Waals surface area contributed by atoms with Gasteiger partial charge >= 0.3 is 0 Å². The van der Waals surface area contributed by atoms with E-state index in [1.807, 2.05) is 18.2 Å². The Hall–Kier alpha value is -3.13. The summed E-state index contributed by atoms with van der Waals surface area (Å²) >= 11 is 0. The first-order valence-corrected chi connectivity index (χ1v) is 9.18. The number of hydrogen-bond acceptors (Lipinski definition) is 0. The summed E-state index contributed by atoms with van der Waals surface area (Å²) in [6.07, 6.45) is 0. The second-order valence-corrected chi connectivity index (χ2v) is 6.95. The molecule has 0 atom stereocenters. The van der Waals surface area contributed by atoms with Gasteiger partial charge in [-0.25, -0.2) is 4.39 Å². The second-order valence-electron chi connectivity index (χ2n) is 6.95. The Kier molecular flexibility index (Phi) is 4.89. The Bertz CT molecular complexity index is 1070. The topological polar surface area (TPSA) is 0 Å². The van der Waals surface area contributed by atoms with Gasteiger partial charge in [-0.2, -0.15) is 0 Å². The van der Waals surface area contributed by atoms with Crippen LogP contribution in [0.2, 0.25) is 0 Å². The molecular weight excluding hydrogens is 330 g/mol. The molecule has 0 aromatic heterocycles. The molecule has 0 bridgehead atoms. The van der Waals surface area contributed by atoms with Crippen molar-refractivity contribution >= 4 is 18.2 Å². The van der Waals surface area contributed by atoms with Crippen LogP contribution in [0, 0.1) is 12.7 Å². The Morgan fingerprint density at radius 1 is 0.556 bits per heavy atom. The van der Waals surface area contributed by atoms with E-state index in [0.29, 0.717) is 0 Å². The summed E-state index contributed by atoms with van der Waals surface area (Å²) in [5.41, 5.74) is 8.12. The van der Waals surface area contributed by atoms with E-state index in [1.165, 1.54) is 28.1 Å². The number of hydrogen-bond donors (Lipinski definition) is 0. The summed E-state index contributed by atoms with van der Waals surface area (Å²) in [6.45, 7) is 2.11. The molecule has 0 nitrogen and oxygen atoms in total. The largest absolute Gasteiger partial charge is 0.207 e. The van der Waals surface area contributed by atoms with Gasteiger partial charge in [-0.3, -0.25) is 0 Å². The summed E-state index contributed by atoms with van der Waals surface area (Å²) in [4.78, 5) is 0. The zero-order valence-corrected chi connectivity index (χ0v) is 15.3. The average Bonchev–Trinajstić information content (AvgIpc) is 2.70. The van der Waals surface area contributed by atoms with Gasteiger partial charge < -0.3 is 0 Å². The van der Waals surface area contributed by atoms with Crippen molar-refractivity contribution in [2.45, 2.75) is 6.92 Å². The average molecular weight is 350 g/mol. The standard InChI is InChI=1S/C25H20BF/c1-18-11-13-23(14-12-18)26-24-9-3-7-21(16-24)19-5-2-6-20(15-19)22-8-4-10-25(27)17-22/h2-17,26H,1H3. The predicted molar refractivity (Wildman–Crippen MR) is 115 cm³/mol. The molecule has 4 aromatic carbocycles. The van der Waals surface area contributed by atoms with Crippen LogP contribution in [-0.4, -0.2) is 7.28 Å². The van der Waals surface area contributed by atoms with Crippen molar-refractivity contribution in [1.82, 2.24) is 0 Å². The predicted octanol–water partition coefficient (Wildman–Crippen LogP) is 4.86. The van der Waals surface area contributed by atoms with E-state index >= 15 is 0 Å². The molecule has 0 aliphatic heterocycles. The van der Waals surface area contributed by atoms with E-state index in [9.17, 15) is 4.39 Å². The summed E-state index contributed by atoms with van der Waals surface area (Å²) in [5.74, 6) is -0.210. The van der Waals surface area contributed by atoms with Crippen molar-refractivity contribution in [3.8, 4) is 22.3 Å². The minimum Gasteiger partial charge on any atom is -0.207 e. The zero-order valence-electron chi connectivity index (χ0n) is 15.3. The Morgan fingerprint density at radius 2 is 1.11 bits per heavy atom. The van der Waals surface area contributed by atoms with Gasteiger partial charge in [0.25, 0.3) is 0 Å². The number of rotatable bonds is 4. The van der Waals surface area contributed by atoms with E-state index in [4.69, 9.17) is 0 Å². The van der Waals surface area contributed by atoms with Crippen molar-refractivity contribution in [3.63, 3.8) is 0 Å². The van der Waals surface area contributed by atoms with Crippen LogP contribution in [0.3, 0.4) is 0 Å². The quantitative estimate of drug-likeness (QED) is 0.461. The molecule has 27 heavy (non-hydrogen) atoms. The monoisotopic (exact) mass is 350 g/mol. The van der Waals surface area contributed by atoms with E-state index in [1.54, 1.807) is 12.1 Å². The maximum Gasteiger partial charge on any atom is 0.192 e. The van der Waals surface area contributed by atoms with E-state index in [2.05, 4.69) is 67.6 Å². The lowest BCUT2D eigenvalue weighted by Crippen LogP contribution is -2.26. The number of halogens is 1. The van der Waals surface area contributed by atoms with Crippen LogP contribution in [0.5, 0.6) is 0 Å². The van der Waals surface area contributed by atoms with Crippen molar-refractivity contribution in [2.24, 2.45) is 0 Å². The highest BCUT2D eigenvalue weighted by atomic mass is 19.1. The van der Waals surface area contributed by atoms with Gasteiger partial charge in [0, 0.05) is 0 Å². The molecule has 4 aromatic rings. The highest BCUT2D eigenvalue weighted by molar-refractivity contribution is 6.67. The zero-order chi connectivity index (χ0) is 18.6. The van der Waals surface area contributed by atoms with Crippen molar-refractivity contribution < 1.29 is 4.39 Å². The maximum atomic E-state index is 13.6. The van der Waals surface area contributed by atoms with Crippen LogP contribution in [0.4, 0.5) is 4.39 Å². The molecule has 2 heteroatoms. The van der Waals surface area contributed by atoms with Gasteiger partial charge in [0.2, 0.25) is 0 Å². The van der Waals surface area contributed by atoms with Gasteiger partial charge in [-0.15, -0.1) is 0 Å². The molecule has 0 heterocycles. The maximum absolute atomic E-state index is 13.6. The van der Waals surface area contributed by atoms with Gasteiger partial charge in [0.05, 0.1) is 0 Å². The fourth-order valence-electron chi connectivity index (χ4n) is 3.35. The third-order valence-electron chi connectivity index (χ3n) is 4.81. The van der Waals surface area contributed by atoms with E-state index in [0.717, 1.165) is 24.0 Å². The third kappa shape index (κ3) is 4.17. The van der Waals surface area contributed by atoms with E-state index in [-0.39, 0.29) is 5.82 Å². The molecule has 0 amide bonds. The SMILES string of the molecule is Cc1ccc(Bc2cccc(-c3cccc(-c4cccc(F)c4)c3)c2)cc1. The molecule has 0 radical (unpaired) electrons. The molecular formula is C25H20BF. The highest BCUT2D eigenvalue weighted by Gasteiger charge is 2.05. The van der Waals surface area contributed by atoms with Crippen LogP contribution >= 0.6 is 0 Å². The fraction of sp³-hybridized carbons (Fsp3) is 0.0400. The lowest BCUT2D eigenvalue weighted by Gasteiger charge is -2.08. The number of aryl methyl sites for hydroxylation is 1. The van der Waals surface area contributed by atoms with Gasteiger partial charge in [-0.1, -0.05) is 95.4 Å². The molecule has 4 rings (SSSR count). The first-order valence-electron chi connectivity index (χ1n) is 9.18. The smallest absolute Gasteiger partial charge is 0.192 e. The van der Waals surface area contributed by atoms with Crippen molar-refractivity contribution in [1.29, 1.82) is 0 Å². The van der Waals surface area contributed by atoms with Gasteiger partial charge in [0.15, 0.2) is 7.28 Å². The Labute approximate surface area is 160 Å². The van der Waals surface area contributed by atoms with Crippen LogP contribution < -0.4 is 10.9 Å². The summed E-state index contributed by atoms with van der Waals surface area (Å²) in [7, 11) is 0.914. The first kappa shape index (κ1) is 17.3. The molecule has 0 aliphatic carbocycles. The van der Waals surface area contributed by atoms with Crippen molar-refractivity contribution in [2.75, 3.05) is 0 Å². The van der Waals surface area contributed by atoms with Gasteiger partial charge in [-0.05, 0) is 47.4 Å². The van der Waals surface area contributed by atoms with Crippen LogP contribution in [0.25, 0.3) is 22.3 Å². The Morgan fingerprint density at radius 3 is 1.78 bits per heavy atom. The third-order valence-corrected chi connectivity index (χ3v) is 4.81. The summed E-state index contributed by atoms with van der Waals surface area (Å²) in [5, 5.41) is 0. The minimum absolute atomic E-state index is 0.210. The molecule has 0 fully saturated rings. The molecule has 0 N–H and O–H groups in total. The second kappa shape index (κ2) is 7.63. The first-order chi connectivity index (χ1) is 13.2. The molecule has 0 aliphatic rings. The molecule has 0 spiro atoms. The van der Waals surface area contributed by atoms with Crippen LogP contribution in [-0.2, 0) is 0 Å². The van der Waals surface area contributed by atoms with Crippen LogP contribution in [0.15, 0.2) is 97.1 Å². The molecule has 0 saturated carbocycles.